The van der Waals surface area contributed by atoms with E-state index in [2.05, 4.69) is 10.1 Å². The monoisotopic (exact) mass is 413 g/mol. The van der Waals surface area contributed by atoms with Crippen LogP contribution in [0, 0.1) is 0 Å². The number of benzene rings is 1. The lowest BCUT2D eigenvalue weighted by molar-refractivity contribution is 0.101. The second-order valence-corrected chi connectivity index (χ2v) is 8.29. The molecule has 0 atom stereocenters. The molecule has 0 fully saturated rings. The van der Waals surface area contributed by atoms with Gasteiger partial charge in [0, 0.05) is 17.0 Å². The molecule has 0 unspecified atom stereocenters. The molecule has 1 aromatic carbocycles. The van der Waals surface area contributed by atoms with Crippen molar-refractivity contribution in [2.45, 2.75) is 17.6 Å². The van der Waals surface area contributed by atoms with Crippen LogP contribution in [0.2, 0.25) is 0 Å². The van der Waals surface area contributed by atoms with E-state index in [0.717, 1.165) is 16.2 Å². The van der Waals surface area contributed by atoms with Gasteiger partial charge >= 0.3 is 16.2 Å². The Morgan fingerprint density at radius 3 is 2.48 bits per heavy atom. The zero-order chi connectivity index (χ0) is 20.0. The van der Waals surface area contributed by atoms with Crippen LogP contribution >= 0.6 is 11.3 Å². The third kappa shape index (κ3) is 5.44. The number of hydrogen-bond donors (Lipinski definition) is 1. The van der Waals surface area contributed by atoms with Crippen LogP contribution in [0.15, 0.2) is 34.5 Å². The molecular formula is C17H19NO7S2. The minimum absolute atomic E-state index is 0.00944. The summed E-state index contributed by atoms with van der Waals surface area (Å²) in [4.78, 5) is 23.2. The maximum Gasteiger partial charge on any atom is 0.406 e. The molecule has 0 aliphatic rings. The van der Waals surface area contributed by atoms with E-state index in [1.165, 1.54) is 45.4 Å². The number of alkyl carbamates (subject to hydrolysis) is 1. The van der Waals surface area contributed by atoms with Crippen molar-refractivity contribution >= 4 is 33.3 Å². The summed E-state index contributed by atoms with van der Waals surface area (Å²) in [6, 6.07) is 7.35. The summed E-state index contributed by atoms with van der Waals surface area (Å²) in [7, 11) is -1.44. The summed E-state index contributed by atoms with van der Waals surface area (Å²) in [5.74, 6) is -0.0405. The van der Waals surface area contributed by atoms with Gasteiger partial charge in [0.2, 0.25) is 0 Å². The highest BCUT2D eigenvalue weighted by molar-refractivity contribution is 7.89. The van der Waals surface area contributed by atoms with Gasteiger partial charge in [0.25, 0.3) is 0 Å². The van der Waals surface area contributed by atoms with Crippen LogP contribution in [0.4, 0.5) is 4.79 Å². The molecule has 1 aromatic heterocycles. The van der Waals surface area contributed by atoms with E-state index in [1.807, 2.05) is 0 Å². The molecule has 146 valence electrons. The first-order valence-corrected chi connectivity index (χ1v) is 10.0. The highest BCUT2D eigenvalue weighted by Gasteiger charge is 2.22. The molecule has 1 amide bonds. The van der Waals surface area contributed by atoms with Crippen LogP contribution in [0.1, 0.15) is 22.2 Å². The Morgan fingerprint density at radius 1 is 1.11 bits per heavy atom. The summed E-state index contributed by atoms with van der Waals surface area (Å²) in [5, 5.41) is 2.52. The van der Waals surface area contributed by atoms with Crippen LogP contribution in [0.5, 0.6) is 11.5 Å². The van der Waals surface area contributed by atoms with E-state index in [1.54, 1.807) is 6.07 Å². The standard InChI is InChI=1S/C17H19NO7S2/c1-11(19)12-4-6-14(15(10-12)23-2)25-27(21,22)16-7-5-13(26-16)8-9-18-17(20)24-3/h4-7,10H,8-9H2,1-3H3,(H,18,20). The minimum atomic E-state index is -4.06. The summed E-state index contributed by atoms with van der Waals surface area (Å²) in [5.41, 5.74) is 0.383. The zero-order valence-electron chi connectivity index (χ0n) is 15.0. The Bertz CT molecular complexity index is 935. The number of Topliss-reactive ketones (excluding diaryl/α,β-unsaturated/α-hetero) is 1. The van der Waals surface area contributed by atoms with Gasteiger partial charge in [0.1, 0.15) is 0 Å². The van der Waals surface area contributed by atoms with Gasteiger partial charge in [0.05, 0.1) is 14.2 Å². The van der Waals surface area contributed by atoms with Crippen LogP contribution in [0.25, 0.3) is 0 Å². The molecule has 0 saturated carbocycles. The van der Waals surface area contributed by atoms with Gasteiger partial charge in [-0.05, 0) is 43.7 Å². The first-order chi connectivity index (χ1) is 12.8. The number of hydrogen-bond acceptors (Lipinski definition) is 8. The molecule has 0 aliphatic heterocycles. The molecule has 0 saturated heterocycles. The topological polar surface area (TPSA) is 108 Å². The lowest BCUT2D eigenvalue weighted by Crippen LogP contribution is -2.24. The van der Waals surface area contributed by atoms with Gasteiger partial charge in [-0.25, -0.2) is 4.79 Å². The smallest absolute Gasteiger partial charge is 0.406 e. The number of carbonyl (C=O) groups is 2. The Kier molecular flexibility index (Phi) is 6.81. The third-order valence-electron chi connectivity index (χ3n) is 3.48. The van der Waals surface area contributed by atoms with Gasteiger partial charge in [-0.15, -0.1) is 11.3 Å². The van der Waals surface area contributed by atoms with E-state index in [-0.39, 0.29) is 21.5 Å². The van der Waals surface area contributed by atoms with Crippen molar-refractivity contribution < 1.29 is 31.7 Å². The normalized spacial score (nSPS) is 10.9. The predicted octanol–water partition coefficient (Wildman–Crippen LogP) is 2.63. The van der Waals surface area contributed by atoms with Gasteiger partial charge < -0.3 is 19.0 Å². The van der Waals surface area contributed by atoms with Crippen molar-refractivity contribution in [2.75, 3.05) is 20.8 Å². The number of amides is 1. The Labute approximate surface area is 161 Å². The first kappa shape index (κ1) is 20.7. The van der Waals surface area contributed by atoms with Crippen molar-refractivity contribution in [3.8, 4) is 11.5 Å². The summed E-state index contributed by atoms with van der Waals surface area (Å²) >= 11 is 1.04. The predicted molar refractivity (Wildman–Crippen MR) is 99.2 cm³/mol. The molecule has 0 bridgehead atoms. The second-order valence-electron chi connectivity index (χ2n) is 5.35. The van der Waals surface area contributed by atoms with E-state index < -0.39 is 16.2 Å². The number of ether oxygens (including phenoxy) is 2. The molecule has 10 heteroatoms. The Morgan fingerprint density at radius 2 is 1.85 bits per heavy atom. The van der Waals surface area contributed by atoms with E-state index in [0.29, 0.717) is 18.5 Å². The van der Waals surface area contributed by atoms with Crippen LogP contribution in [0.3, 0.4) is 0 Å². The minimum Gasteiger partial charge on any atom is -0.493 e. The fourth-order valence-electron chi connectivity index (χ4n) is 2.10. The number of methoxy groups -OCH3 is 2. The van der Waals surface area contributed by atoms with Gasteiger partial charge in [-0.3, -0.25) is 4.79 Å². The molecule has 1 heterocycles. The third-order valence-corrected chi connectivity index (χ3v) is 6.31. The number of thiophene rings is 1. The zero-order valence-corrected chi connectivity index (χ0v) is 16.6. The van der Waals surface area contributed by atoms with Crippen molar-refractivity contribution in [1.29, 1.82) is 0 Å². The molecule has 2 rings (SSSR count). The average Bonchev–Trinajstić information content (AvgIpc) is 3.11. The average molecular weight is 413 g/mol. The molecule has 2 aromatic rings. The SMILES string of the molecule is COC(=O)NCCc1ccc(S(=O)(=O)Oc2ccc(C(C)=O)cc2OC)s1. The Balaban J connectivity index is 2.13. The van der Waals surface area contributed by atoms with E-state index in [4.69, 9.17) is 8.92 Å². The summed E-state index contributed by atoms with van der Waals surface area (Å²) in [6.07, 6.45) is -0.102. The van der Waals surface area contributed by atoms with Crippen LogP contribution in [-0.2, 0) is 21.3 Å². The number of carbonyl (C=O) groups excluding carboxylic acids is 2. The molecule has 27 heavy (non-hydrogen) atoms. The molecule has 1 N–H and O–H groups in total. The Hall–Kier alpha value is -2.59. The molecule has 0 aliphatic carbocycles. The van der Waals surface area contributed by atoms with Gasteiger partial charge in [-0.1, -0.05) is 0 Å². The van der Waals surface area contributed by atoms with E-state index >= 15 is 0 Å². The van der Waals surface area contributed by atoms with Crippen molar-refractivity contribution in [1.82, 2.24) is 5.32 Å². The van der Waals surface area contributed by atoms with Gasteiger partial charge in [-0.2, -0.15) is 8.42 Å². The highest BCUT2D eigenvalue weighted by Crippen LogP contribution is 2.32. The van der Waals surface area contributed by atoms with Crippen molar-refractivity contribution in [2.24, 2.45) is 0 Å². The quantitative estimate of drug-likeness (QED) is 0.523. The molecule has 0 radical (unpaired) electrons. The maximum atomic E-state index is 12.5. The molecular weight excluding hydrogens is 394 g/mol. The summed E-state index contributed by atoms with van der Waals surface area (Å²) in [6.45, 7) is 1.71. The molecule has 8 nitrogen and oxygen atoms in total. The van der Waals surface area contributed by atoms with Crippen LogP contribution < -0.4 is 14.2 Å². The van der Waals surface area contributed by atoms with Crippen molar-refractivity contribution in [3.05, 3.63) is 40.8 Å². The van der Waals surface area contributed by atoms with Gasteiger partial charge in [0.15, 0.2) is 21.5 Å². The number of ketones is 1. The summed E-state index contributed by atoms with van der Waals surface area (Å²) < 4.78 is 39.8. The molecule has 0 spiro atoms. The fourth-order valence-corrected chi connectivity index (χ4v) is 4.36. The lowest BCUT2D eigenvalue weighted by Gasteiger charge is -2.10. The first-order valence-electron chi connectivity index (χ1n) is 7.81. The second kappa shape index (κ2) is 8.87. The maximum absolute atomic E-state index is 12.5. The van der Waals surface area contributed by atoms with Crippen LogP contribution in [-0.4, -0.2) is 41.1 Å². The van der Waals surface area contributed by atoms with E-state index in [9.17, 15) is 18.0 Å². The number of rotatable bonds is 8. The largest absolute Gasteiger partial charge is 0.493 e. The number of nitrogens with one attached hydrogen (secondary N) is 1. The lowest BCUT2D eigenvalue weighted by atomic mass is 10.1. The van der Waals surface area contributed by atoms with Crippen molar-refractivity contribution in [3.63, 3.8) is 0 Å². The fraction of sp³-hybridized carbons (Fsp3) is 0.294. The highest BCUT2D eigenvalue weighted by atomic mass is 32.3.